The van der Waals surface area contributed by atoms with Gasteiger partial charge in [0.2, 0.25) is 0 Å². The fraction of sp³-hybridized carbons (Fsp3) is 0.438. The molecule has 2 rings (SSSR count). The maximum Gasteiger partial charge on any atom is 0.175 e. The quantitative estimate of drug-likeness (QED) is 0.915. The molecule has 0 aliphatic carbocycles. The van der Waals surface area contributed by atoms with Crippen LogP contribution < -0.4 is 10.5 Å². The normalized spacial score (nSPS) is 12.7. The second kappa shape index (κ2) is 5.57. The van der Waals surface area contributed by atoms with E-state index in [4.69, 9.17) is 15.0 Å². The number of aryl methyl sites for hydroxylation is 1. The van der Waals surface area contributed by atoms with Crippen LogP contribution in [0.2, 0.25) is 0 Å². The van der Waals surface area contributed by atoms with Crippen LogP contribution in [0.1, 0.15) is 38.0 Å². The van der Waals surface area contributed by atoms with E-state index >= 15 is 0 Å². The van der Waals surface area contributed by atoms with E-state index in [-0.39, 0.29) is 5.92 Å². The standard InChI is InChI=1S/C16H22N2O2/c1-9(2)11(4)15-14(16(17)18-20-15)12-8-10(3)6-7-13(12)19-5/h6-9,11H,1-5H3,(H2,17,18). The zero-order valence-electron chi connectivity index (χ0n) is 12.7. The summed E-state index contributed by atoms with van der Waals surface area (Å²) >= 11 is 0. The van der Waals surface area contributed by atoms with Crippen LogP contribution in [-0.4, -0.2) is 12.3 Å². The van der Waals surface area contributed by atoms with E-state index in [0.717, 1.165) is 28.2 Å². The molecule has 108 valence electrons. The fourth-order valence-corrected chi connectivity index (χ4v) is 2.22. The van der Waals surface area contributed by atoms with Crippen LogP contribution in [0.3, 0.4) is 0 Å². The zero-order valence-corrected chi connectivity index (χ0v) is 12.7. The van der Waals surface area contributed by atoms with Crippen molar-refractivity contribution >= 4 is 5.82 Å². The van der Waals surface area contributed by atoms with Gasteiger partial charge >= 0.3 is 0 Å². The highest BCUT2D eigenvalue weighted by Gasteiger charge is 2.25. The molecule has 2 N–H and O–H groups in total. The van der Waals surface area contributed by atoms with E-state index in [1.54, 1.807) is 7.11 Å². The number of methoxy groups -OCH3 is 1. The van der Waals surface area contributed by atoms with Crippen molar-refractivity contribution in [1.82, 2.24) is 5.16 Å². The average molecular weight is 274 g/mol. The maximum atomic E-state index is 6.02. The Hall–Kier alpha value is -1.97. The average Bonchev–Trinajstić information content (AvgIpc) is 2.79. The molecular weight excluding hydrogens is 252 g/mol. The minimum Gasteiger partial charge on any atom is -0.496 e. The zero-order chi connectivity index (χ0) is 14.9. The number of ether oxygens (including phenoxy) is 1. The Morgan fingerprint density at radius 1 is 1.25 bits per heavy atom. The predicted molar refractivity (Wildman–Crippen MR) is 80.9 cm³/mol. The Morgan fingerprint density at radius 3 is 2.55 bits per heavy atom. The summed E-state index contributed by atoms with van der Waals surface area (Å²) in [6, 6.07) is 6.01. The maximum absolute atomic E-state index is 6.02. The molecule has 1 unspecified atom stereocenters. The van der Waals surface area contributed by atoms with Crippen molar-refractivity contribution in [3.63, 3.8) is 0 Å². The van der Waals surface area contributed by atoms with Crippen molar-refractivity contribution in [3.05, 3.63) is 29.5 Å². The van der Waals surface area contributed by atoms with E-state index in [1.165, 1.54) is 0 Å². The van der Waals surface area contributed by atoms with Gasteiger partial charge in [-0.2, -0.15) is 0 Å². The van der Waals surface area contributed by atoms with Crippen molar-refractivity contribution in [1.29, 1.82) is 0 Å². The smallest absolute Gasteiger partial charge is 0.175 e. The van der Waals surface area contributed by atoms with Gasteiger partial charge in [-0.1, -0.05) is 37.6 Å². The third kappa shape index (κ3) is 2.50. The monoisotopic (exact) mass is 274 g/mol. The number of anilines is 1. The van der Waals surface area contributed by atoms with Gasteiger partial charge in [0.05, 0.1) is 12.7 Å². The molecule has 20 heavy (non-hydrogen) atoms. The second-order valence-electron chi connectivity index (χ2n) is 5.54. The van der Waals surface area contributed by atoms with Crippen molar-refractivity contribution in [2.45, 2.75) is 33.6 Å². The van der Waals surface area contributed by atoms with Gasteiger partial charge in [-0.05, 0) is 25.0 Å². The second-order valence-corrected chi connectivity index (χ2v) is 5.54. The number of hydrogen-bond donors (Lipinski definition) is 1. The third-order valence-electron chi connectivity index (χ3n) is 3.78. The molecule has 0 saturated heterocycles. The molecule has 0 amide bonds. The lowest BCUT2D eigenvalue weighted by atomic mass is 9.90. The lowest BCUT2D eigenvalue weighted by molar-refractivity contribution is 0.341. The number of rotatable bonds is 4. The summed E-state index contributed by atoms with van der Waals surface area (Å²) in [5, 5.41) is 3.95. The molecule has 0 aliphatic heterocycles. The summed E-state index contributed by atoms with van der Waals surface area (Å²) < 4.78 is 10.9. The first-order valence-electron chi connectivity index (χ1n) is 6.85. The lowest BCUT2D eigenvalue weighted by Crippen LogP contribution is -2.03. The van der Waals surface area contributed by atoms with Crippen LogP contribution >= 0.6 is 0 Å². The van der Waals surface area contributed by atoms with Gasteiger partial charge in [-0.15, -0.1) is 0 Å². The summed E-state index contributed by atoms with van der Waals surface area (Å²) in [6.45, 7) is 8.47. The Bertz CT molecular complexity index is 603. The molecular formula is C16H22N2O2. The highest BCUT2D eigenvalue weighted by molar-refractivity contribution is 5.80. The first kappa shape index (κ1) is 14.4. The van der Waals surface area contributed by atoms with Crippen molar-refractivity contribution in [3.8, 4) is 16.9 Å². The molecule has 1 aromatic heterocycles. The molecule has 0 saturated carbocycles. The molecule has 0 radical (unpaired) electrons. The number of aromatic nitrogens is 1. The minimum absolute atomic E-state index is 0.236. The molecule has 0 fully saturated rings. The van der Waals surface area contributed by atoms with Crippen LogP contribution in [0, 0.1) is 12.8 Å². The SMILES string of the molecule is COc1ccc(C)cc1-c1c(N)noc1C(C)C(C)C. The van der Waals surface area contributed by atoms with Crippen LogP contribution in [0.4, 0.5) is 5.82 Å². The molecule has 0 bridgehead atoms. The van der Waals surface area contributed by atoms with Gasteiger partial charge < -0.3 is 15.0 Å². The first-order chi connectivity index (χ1) is 9.45. The first-order valence-corrected chi connectivity index (χ1v) is 6.85. The van der Waals surface area contributed by atoms with Gasteiger partial charge in [-0.25, -0.2) is 0 Å². The fourth-order valence-electron chi connectivity index (χ4n) is 2.22. The number of hydrogen-bond acceptors (Lipinski definition) is 4. The van der Waals surface area contributed by atoms with Crippen LogP contribution in [-0.2, 0) is 0 Å². The van der Waals surface area contributed by atoms with E-state index < -0.39 is 0 Å². The van der Waals surface area contributed by atoms with Crippen molar-refractivity contribution < 1.29 is 9.26 Å². The van der Waals surface area contributed by atoms with Crippen LogP contribution in [0.15, 0.2) is 22.7 Å². The van der Waals surface area contributed by atoms with Gasteiger partial charge in [0.25, 0.3) is 0 Å². The summed E-state index contributed by atoms with van der Waals surface area (Å²) in [7, 11) is 1.66. The molecule has 2 aromatic rings. The van der Waals surface area contributed by atoms with Crippen LogP contribution in [0.5, 0.6) is 5.75 Å². The molecule has 1 atom stereocenters. The highest BCUT2D eigenvalue weighted by Crippen LogP contribution is 2.41. The number of nitrogen functional groups attached to an aromatic ring is 1. The number of nitrogens with two attached hydrogens (primary N) is 1. The number of benzene rings is 1. The van der Waals surface area contributed by atoms with Crippen molar-refractivity contribution in [2.75, 3.05) is 12.8 Å². The van der Waals surface area contributed by atoms with Crippen molar-refractivity contribution in [2.24, 2.45) is 5.92 Å². The summed E-state index contributed by atoms with van der Waals surface area (Å²) in [4.78, 5) is 0. The van der Waals surface area contributed by atoms with E-state index in [2.05, 4.69) is 32.0 Å². The minimum atomic E-state index is 0.236. The Balaban J connectivity index is 2.63. The molecule has 0 aliphatic rings. The summed E-state index contributed by atoms with van der Waals surface area (Å²) in [5.74, 6) is 2.69. The molecule has 0 spiro atoms. The topological polar surface area (TPSA) is 61.3 Å². The summed E-state index contributed by atoms with van der Waals surface area (Å²) in [6.07, 6.45) is 0. The molecule has 4 heteroatoms. The van der Waals surface area contributed by atoms with E-state index in [9.17, 15) is 0 Å². The van der Waals surface area contributed by atoms with Gasteiger partial charge in [0.15, 0.2) is 5.82 Å². The molecule has 1 heterocycles. The largest absolute Gasteiger partial charge is 0.496 e. The van der Waals surface area contributed by atoms with E-state index in [1.807, 2.05) is 19.1 Å². The summed E-state index contributed by atoms with van der Waals surface area (Å²) in [5.41, 5.74) is 8.96. The third-order valence-corrected chi connectivity index (χ3v) is 3.78. The van der Waals surface area contributed by atoms with E-state index in [0.29, 0.717) is 11.7 Å². The van der Waals surface area contributed by atoms with Crippen LogP contribution in [0.25, 0.3) is 11.1 Å². The predicted octanol–water partition coefficient (Wildman–Crippen LogP) is 4.00. The lowest BCUT2D eigenvalue weighted by Gasteiger charge is -2.15. The Morgan fingerprint density at radius 2 is 1.95 bits per heavy atom. The highest BCUT2D eigenvalue weighted by atomic mass is 16.5. The molecule has 4 nitrogen and oxygen atoms in total. The number of nitrogens with zero attached hydrogens (tertiary/aromatic N) is 1. The van der Waals surface area contributed by atoms with Gasteiger partial charge in [0, 0.05) is 11.5 Å². The van der Waals surface area contributed by atoms with Gasteiger partial charge in [-0.3, -0.25) is 0 Å². The Kier molecular flexibility index (Phi) is 4.02. The molecule has 1 aromatic carbocycles. The van der Waals surface area contributed by atoms with Gasteiger partial charge in [0.1, 0.15) is 11.5 Å². The Labute approximate surface area is 119 Å².